The Morgan fingerprint density at radius 3 is 2.44 bits per heavy atom. The van der Waals surface area contributed by atoms with Crippen molar-refractivity contribution in [3.8, 4) is 11.5 Å². The molecule has 3 aromatic carbocycles. The molecule has 1 atom stereocenters. The van der Waals surface area contributed by atoms with Crippen molar-refractivity contribution in [2.24, 2.45) is 0 Å². The zero-order valence-corrected chi connectivity index (χ0v) is 23.6. The summed E-state index contributed by atoms with van der Waals surface area (Å²) in [5.41, 5.74) is 3.70. The molecule has 0 N–H and O–H groups in total. The largest absolute Gasteiger partial charge is 0.454 e. The molecule has 0 radical (unpaired) electrons. The van der Waals surface area contributed by atoms with Gasteiger partial charge in [-0.3, -0.25) is 29.2 Å². The van der Waals surface area contributed by atoms with E-state index in [1.165, 1.54) is 17.3 Å². The number of rotatable bonds is 5. The van der Waals surface area contributed by atoms with E-state index >= 15 is 0 Å². The molecule has 200 valence electrons. The van der Waals surface area contributed by atoms with E-state index in [1.807, 2.05) is 59.5 Å². The Morgan fingerprint density at radius 2 is 1.62 bits per heavy atom. The van der Waals surface area contributed by atoms with E-state index in [9.17, 15) is 9.59 Å². The van der Waals surface area contributed by atoms with Crippen LogP contribution in [0, 0.1) is 0 Å². The van der Waals surface area contributed by atoms with Gasteiger partial charge in [-0.25, -0.2) is 0 Å². The molecule has 2 amide bonds. The van der Waals surface area contributed by atoms with Gasteiger partial charge in [0.25, 0.3) is 5.91 Å². The van der Waals surface area contributed by atoms with Crippen molar-refractivity contribution in [3.63, 3.8) is 0 Å². The fourth-order valence-electron chi connectivity index (χ4n) is 5.87. The second kappa shape index (κ2) is 9.85. The number of benzene rings is 3. The number of para-hydroxylation sites is 1. The fraction of sp³-hybridized carbons (Fsp3) is 0.310. The number of hydrogen-bond acceptors (Lipinski definition) is 7. The highest BCUT2D eigenvalue weighted by molar-refractivity contribution is 9.10. The lowest BCUT2D eigenvalue weighted by Crippen LogP contribution is -2.54. The van der Waals surface area contributed by atoms with Crippen LogP contribution in [0.25, 0.3) is 0 Å². The Labute approximate surface area is 239 Å². The van der Waals surface area contributed by atoms with Crippen LogP contribution in [-0.2, 0) is 21.0 Å². The van der Waals surface area contributed by atoms with E-state index in [2.05, 4.69) is 37.9 Å². The molecule has 4 heterocycles. The van der Waals surface area contributed by atoms with Gasteiger partial charge in [-0.15, -0.1) is 11.8 Å². The van der Waals surface area contributed by atoms with Gasteiger partial charge < -0.3 is 9.47 Å². The van der Waals surface area contributed by atoms with Crippen LogP contribution in [0.15, 0.2) is 71.2 Å². The van der Waals surface area contributed by atoms with Gasteiger partial charge in [0.15, 0.2) is 11.5 Å². The molecule has 0 bridgehead atoms. The Morgan fingerprint density at radius 1 is 0.872 bits per heavy atom. The Hall–Kier alpha value is -3.05. The maximum atomic E-state index is 14.3. The molecule has 0 saturated carbocycles. The zero-order chi connectivity index (χ0) is 26.6. The highest BCUT2D eigenvalue weighted by Crippen LogP contribution is 2.55. The van der Waals surface area contributed by atoms with Gasteiger partial charge in [-0.05, 0) is 48.0 Å². The van der Waals surface area contributed by atoms with Gasteiger partial charge in [0.2, 0.25) is 17.6 Å². The Bertz CT molecular complexity index is 1450. The van der Waals surface area contributed by atoms with Crippen LogP contribution in [0.3, 0.4) is 0 Å². The van der Waals surface area contributed by atoms with Crippen molar-refractivity contribution in [1.82, 2.24) is 9.80 Å². The van der Waals surface area contributed by atoms with Gasteiger partial charge in [-0.1, -0.05) is 40.2 Å². The molecular weight excluding hydrogens is 580 g/mol. The summed E-state index contributed by atoms with van der Waals surface area (Å²) in [7, 11) is 0. The number of hydrogen-bond donors (Lipinski definition) is 0. The van der Waals surface area contributed by atoms with Crippen LogP contribution in [0.2, 0.25) is 0 Å². The molecule has 0 unspecified atom stereocenters. The van der Waals surface area contributed by atoms with Crippen molar-refractivity contribution in [2.75, 3.05) is 55.2 Å². The average molecular weight is 608 g/mol. The summed E-state index contributed by atoms with van der Waals surface area (Å²) in [5, 5.41) is 0. The number of fused-ring (bicyclic) bond motifs is 3. The number of halogens is 1. The number of amides is 2. The first kappa shape index (κ1) is 25.0. The molecular formula is C29H27BrN4O4S. The Balaban J connectivity index is 1.09. The highest BCUT2D eigenvalue weighted by atomic mass is 79.9. The number of thioether (sulfide) groups is 1. The lowest BCUT2D eigenvalue weighted by Gasteiger charge is -2.37. The summed E-state index contributed by atoms with van der Waals surface area (Å²) in [4.78, 5) is 34.8. The maximum absolute atomic E-state index is 14.3. The lowest BCUT2D eigenvalue weighted by atomic mass is 10.0. The van der Waals surface area contributed by atoms with Crippen LogP contribution >= 0.6 is 27.7 Å². The number of ether oxygens (including phenoxy) is 2. The number of piperazine rings is 1. The molecule has 39 heavy (non-hydrogen) atoms. The van der Waals surface area contributed by atoms with E-state index in [0.717, 1.165) is 65.6 Å². The van der Waals surface area contributed by atoms with E-state index < -0.39 is 4.87 Å². The topological polar surface area (TPSA) is 65.6 Å². The first-order chi connectivity index (χ1) is 19.0. The van der Waals surface area contributed by atoms with Gasteiger partial charge in [0.05, 0.1) is 18.1 Å². The van der Waals surface area contributed by atoms with Crippen LogP contribution in [-0.4, -0.2) is 67.0 Å². The summed E-state index contributed by atoms with van der Waals surface area (Å²) < 4.78 is 11.9. The van der Waals surface area contributed by atoms with Gasteiger partial charge in [0, 0.05) is 48.4 Å². The predicted molar refractivity (Wildman–Crippen MR) is 154 cm³/mol. The molecule has 4 aliphatic heterocycles. The summed E-state index contributed by atoms with van der Waals surface area (Å²) in [6.45, 7) is 5.14. The molecule has 0 aliphatic carbocycles. The summed E-state index contributed by atoms with van der Waals surface area (Å²) in [6.07, 6.45) is 0. The molecule has 2 fully saturated rings. The van der Waals surface area contributed by atoms with E-state index in [0.29, 0.717) is 6.67 Å². The molecule has 1 spiro atoms. The smallest absolute Gasteiger partial charge is 0.269 e. The van der Waals surface area contributed by atoms with Gasteiger partial charge in [-0.2, -0.15) is 0 Å². The molecule has 8 nitrogen and oxygen atoms in total. The van der Waals surface area contributed by atoms with Crippen molar-refractivity contribution in [3.05, 3.63) is 82.3 Å². The van der Waals surface area contributed by atoms with E-state index in [-0.39, 0.29) is 24.4 Å². The van der Waals surface area contributed by atoms with E-state index in [4.69, 9.17) is 9.47 Å². The third-order valence-corrected chi connectivity index (χ3v) is 9.71. The minimum atomic E-state index is -1.08. The van der Waals surface area contributed by atoms with Crippen LogP contribution < -0.4 is 19.3 Å². The summed E-state index contributed by atoms with van der Waals surface area (Å²) in [6, 6.07) is 21.7. The third-order valence-electron chi connectivity index (χ3n) is 7.80. The van der Waals surface area contributed by atoms with Crippen LogP contribution in [0.1, 0.15) is 11.1 Å². The van der Waals surface area contributed by atoms with Gasteiger partial charge >= 0.3 is 0 Å². The SMILES string of the molecule is O=C1CS[C@]2(C(=O)N(CN3CCN(Cc4ccc5c(c4)OCO5)CC3)c3ccccc32)N1c1ccc(Br)cc1. The molecule has 3 aromatic rings. The number of nitrogens with zero attached hydrogens (tertiary/aromatic N) is 4. The summed E-state index contributed by atoms with van der Waals surface area (Å²) >= 11 is 4.90. The first-order valence-corrected chi connectivity index (χ1v) is 14.8. The third kappa shape index (κ3) is 4.21. The monoisotopic (exact) mass is 606 g/mol. The standard InChI is InChI=1S/C29H27BrN4O4S/c30-21-6-8-22(9-7-21)34-27(35)17-39-29(34)23-3-1-2-4-24(23)33(28(29)36)18-32-13-11-31(12-14-32)16-20-5-10-25-26(15-20)38-19-37-25/h1-10,15H,11-14,16-19H2/t29-/m1/s1. The number of anilines is 2. The second-order valence-corrected chi connectivity index (χ2v) is 12.2. The Kier molecular flexibility index (Phi) is 6.30. The van der Waals surface area contributed by atoms with Crippen LogP contribution in [0.4, 0.5) is 11.4 Å². The molecule has 4 aliphatic rings. The maximum Gasteiger partial charge on any atom is 0.269 e. The predicted octanol–water partition coefficient (Wildman–Crippen LogP) is 4.23. The van der Waals surface area contributed by atoms with Gasteiger partial charge in [0.1, 0.15) is 0 Å². The molecule has 7 rings (SSSR count). The molecule has 0 aromatic heterocycles. The lowest BCUT2D eigenvalue weighted by molar-refractivity contribution is -0.124. The fourth-order valence-corrected chi connectivity index (χ4v) is 7.50. The van der Waals surface area contributed by atoms with E-state index in [1.54, 1.807) is 4.90 Å². The second-order valence-electron chi connectivity index (χ2n) is 10.1. The normalized spacial score (nSPS) is 22.8. The van der Waals surface area contributed by atoms with Crippen molar-refractivity contribution in [2.45, 2.75) is 11.4 Å². The number of carbonyl (C=O) groups is 2. The van der Waals surface area contributed by atoms with Crippen LogP contribution in [0.5, 0.6) is 11.5 Å². The average Bonchev–Trinajstić information content (AvgIpc) is 3.63. The quantitative estimate of drug-likeness (QED) is 0.430. The minimum Gasteiger partial charge on any atom is -0.454 e. The van der Waals surface area contributed by atoms with Crippen molar-refractivity contribution < 1.29 is 19.1 Å². The zero-order valence-electron chi connectivity index (χ0n) is 21.2. The van der Waals surface area contributed by atoms with Crippen molar-refractivity contribution in [1.29, 1.82) is 0 Å². The first-order valence-electron chi connectivity index (χ1n) is 13.0. The molecule has 10 heteroatoms. The minimum absolute atomic E-state index is 0.0507. The van der Waals surface area contributed by atoms with Crippen molar-refractivity contribution >= 4 is 50.9 Å². The number of carbonyl (C=O) groups excluding carboxylic acids is 2. The summed E-state index contributed by atoms with van der Waals surface area (Å²) in [5.74, 6) is 1.78. The molecule has 2 saturated heterocycles. The highest BCUT2D eigenvalue weighted by Gasteiger charge is 2.61.